The monoisotopic (exact) mass is 415 g/mol. The summed E-state index contributed by atoms with van der Waals surface area (Å²) in [6.07, 6.45) is 0.862. The maximum Gasteiger partial charge on any atom is 0.273 e. The summed E-state index contributed by atoms with van der Waals surface area (Å²) in [6.45, 7) is 0.676. The molecular weight excluding hydrogens is 398 g/mol. The number of nitrogens with one attached hydrogen (secondary N) is 2. The van der Waals surface area contributed by atoms with Crippen LogP contribution in [0.1, 0.15) is 26.4 Å². The van der Waals surface area contributed by atoms with E-state index in [1.54, 1.807) is 29.2 Å². The molecule has 0 saturated carbocycles. The van der Waals surface area contributed by atoms with E-state index < -0.39 is 0 Å². The number of para-hydroxylation sites is 2. The van der Waals surface area contributed by atoms with Crippen molar-refractivity contribution in [2.45, 2.75) is 6.42 Å². The van der Waals surface area contributed by atoms with E-state index in [0.29, 0.717) is 28.5 Å². The predicted molar refractivity (Wildman–Crippen MR) is 120 cm³/mol. The fourth-order valence-electron chi connectivity index (χ4n) is 3.86. The van der Waals surface area contributed by atoms with Gasteiger partial charge in [-0.3, -0.25) is 9.59 Å². The van der Waals surface area contributed by atoms with Crippen molar-refractivity contribution in [2.24, 2.45) is 0 Å². The highest BCUT2D eigenvalue weighted by atomic mass is 35.5. The lowest BCUT2D eigenvalue weighted by Crippen LogP contribution is -2.28. The minimum absolute atomic E-state index is 0.0449. The van der Waals surface area contributed by atoms with Crippen molar-refractivity contribution in [1.29, 1.82) is 0 Å². The molecule has 5 rings (SSSR count). The van der Waals surface area contributed by atoms with Crippen molar-refractivity contribution in [3.8, 4) is 0 Å². The van der Waals surface area contributed by atoms with Crippen LogP contribution < -0.4 is 10.2 Å². The smallest absolute Gasteiger partial charge is 0.273 e. The predicted octanol–water partition coefficient (Wildman–Crippen LogP) is 5.28. The van der Waals surface area contributed by atoms with Crippen molar-refractivity contribution in [3.05, 3.63) is 94.6 Å². The molecule has 148 valence electrons. The number of aromatic amines is 1. The van der Waals surface area contributed by atoms with Gasteiger partial charge in [0.05, 0.1) is 5.02 Å². The van der Waals surface area contributed by atoms with E-state index in [1.165, 1.54) is 5.56 Å². The van der Waals surface area contributed by atoms with Gasteiger partial charge in [0.25, 0.3) is 11.8 Å². The zero-order valence-corrected chi connectivity index (χ0v) is 16.7. The van der Waals surface area contributed by atoms with Crippen LogP contribution in [0.2, 0.25) is 5.02 Å². The van der Waals surface area contributed by atoms with Gasteiger partial charge >= 0.3 is 0 Å². The number of hydrogen-bond donors (Lipinski definition) is 2. The number of amides is 2. The molecule has 0 spiro atoms. The minimum atomic E-state index is -0.330. The van der Waals surface area contributed by atoms with E-state index in [-0.39, 0.29) is 11.8 Å². The lowest BCUT2D eigenvalue weighted by Gasteiger charge is -2.17. The summed E-state index contributed by atoms with van der Waals surface area (Å²) in [5.74, 6) is -0.375. The van der Waals surface area contributed by atoms with E-state index in [9.17, 15) is 9.59 Å². The molecule has 2 N–H and O–H groups in total. The van der Waals surface area contributed by atoms with Crippen LogP contribution in [0.25, 0.3) is 10.9 Å². The molecule has 5 nitrogen and oxygen atoms in total. The third-order valence-corrected chi connectivity index (χ3v) is 5.78. The Kier molecular flexibility index (Phi) is 4.52. The summed E-state index contributed by atoms with van der Waals surface area (Å²) in [6, 6.07) is 22.3. The quantitative estimate of drug-likeness (QED) is 0.478. The van der Waals surface area contributed by atoms with Crippen LogP contribution in [0.3, 0.4) is 0 Å². The number of benzene rings is 3. The molecule has 4 aromatic rings. The molecule has 0 radical (unpaired) electrons. The molecule has 2 amide bonds. The normalized spacial score (nSPS) is 12.8. The topological polar surface area (TPSA) is 65.2 Å². The summed E-state index contributed by atoms with van der Waals surface area (Å²) in [4.78, 5) is 30.4. The number of carbonyl (C=O) groups is 2. The molecule has 6 heteroatoms. The second-order valence-corrected chi connectivity index (χ2v) is 7.60. The van der Waals surface area contributed by atoms with Crippen molar-refractivity contribution in [1.82, 2.24) is 4.98 Å². The van der Waals surface area contributed by atoms with E-state index >= 15 is 0 Å². The van der Waals surface area contributed by atoms with Crippen molar-refractivity contribution >= 4 is 45.7 Å². The first kappa shape index (κ1) is 18.5. The molecule has 0 atom stereocenters. The average molecular weight is 416 g/mol. The van der Waals surface area contributed by atoms with Gasteiger partial charge in [-0.05, 0) is 48.4 Å². The molecule has 0 saturated heterocycles. The van der Waals surface area contributed by atoms with Crippen molar-refractivity contribution in [2.75, 3.05) is 16.8 Å². The lowest BCUT2D eigenvalue weighted by atomic mass is 10.1. The van der Waals surface area contributed by atoms with Gasteiger partial charge in [-0.25, -0.2) is 0 Å². The Bertz CT molecular complexity index is 1280. The molecule has 0 bridgehead atoms. The zero-order valence-electron chi connectivity index (χ0n) is 16.0. The Balaban J connectivity index is 1.33. The number of H-pyrrole nitrogens is 1. The summed E-state index contributed by atoms with van der Waals surface area (Å²) in [5.41, 5.74) is 4.44. The van der Waals surface area contributed by atoms with Crippen LogP contribution in [0.15, 0.2) is 72.8 Å². The summed E-state index contributed by atoms with van der Waals surface area (Å²) < 4.78 is 0. The van der Waals surface area contributed by atoms with Gasteiger partial charge in [-0.15, -0.1) is 0 Å². The first-order chi connectivity index (χ1) is 14.6. The molecule has 0 aliphatic carbocycles. The molecule has 1 aliphatic rings. The van der Waals surface area contributed by atoms with Crippen LogP contribution >= 0.6 is 11.6 Å². The fraction of sp³-hybridized carbons (Fsp3) is 0.0833. The SMILES string of the molecule is O=C(Nc1ccc(C(=O)N2CCc3ccccc32)cc1)c1[nH]c2ccccc2c1Cl. The number of anilines is 2. The lowest BCUT2D eigenvalue weighted by molar-refractivity contribution is 0.0988. The van der Waals surface area contributed by atoms with E-state index in [4.69, 9.17) is 11.6 Å². The van der Waals surface area contributed by atoms with Gasteiger partial charge < -0.3 is 15.2 Å². The van der Waals surface area contributed by atoms with Gasteiger partial charge in [-0.1, -0.05) is 48.0 Å². The number of rotatable bonds is 3. The number of halogens is 1. The second kappa shape index (κ2) is 7.35. The number of fused-ring (bicyclic) bond motifs is 2. The summed E-state index contributed by atoms with van der Waals surface area (Å²) in [7, 11) is 0. The Morgan fingerprint density at radius 3 is 2.47 bits per heavy atom. The van der Waals surface area contributed by atoms with Crippen molar-refractivity contribution < 1.29 is 9.59 Å². The highest BCUT2D eigenvalue weighted by Crippen LogP contribution is 2.30. The van der Waals surface area contributed by atoms with Crippen LogP contribution in [0.4, 0.5) is 11.4 Å². The second-order valence-electron chi connectivity index (χ2n) is 7.23. The van der Waals surface area contributed by atoms with Gasteiger partial charge in [0.1, 0.15) is 5.69 Å². The van der Waals surface area contributed by atoms with Gasteiger partial charge in [0.2, 0.25) is 0 Å². The molecule has 30 heavy (non-hydrogen) atoms. The maximum atomic E-state index is 12.9. The average Bonchev–Trinajstić information content (AvgIpc) is 3.35. The van der Waals surface area contributed by atoms with Crippen LogP contribution in [0, 0.1) is 0 Å². The standard InChI is InChI=1S/C24H18ClN3O2/c25-21-18-6-2-3-7-19(18)27-22(21)23(29)26-17-11-9-16(10-12-17)24(30)28-14-13-15-5-1-4-8-20(15)28/h1-12,27H,13-14H2,(H,26,29). The molecular formula is C24H18ClN3O2. The first-order valence-electron chi connectivity index (χ1n) is 9.69. The van der Waals surface area contributed by atoms with Gasteiger partial charge in [0.15, 0.2) is 0 Å². The Morgan fingerprint density at radius 2 is 1.67 bits per heavy atom. The molecule has 3 aromatic carbocycles. The van der Waals surface area contributed by atoms with E-state index in [1.807, 2.05) is 42.5 Å². The minimum Gasteiger partial charge on any atom is -0.349 e. The highest BCUT2D eigenvalue weighted by Gasteiger charge is 2.25. The number of nitrogens with zero attached hydrogens (tertiary/aromatic N) is 1. The largest absolute Gasteiger partial charge is 0.349 e. The molecule has 0 unspecified atom stereocenters. The Morgan fingerprint density at radius 1 is 0.933 bits per heavy atom. The number of aromatic nitrogens is 1. The van der Waals surface area contributed by atoms with Gasteiger partial charge in [0, 0.05) is 34.4 Å². The fourth-order valence-corrected chi connectivity index (χ4v) is 4.16. The number of carbonyl (C=O) groups excluding carboxylic acids is 2. The summed E-state index contributed by atoms with van der Waals surface area (Å²) in [5, 5.41) is 4.03. The zero-order chi connectivity index (χ0) is 20.7. The van der Waals surface area contributed by atoms with Crippen LogP contribution in [-0.2, 0) is 6.42 Å². The first-order valence-corrected chi connectivity index (χ1v) is 10.1. The third-order valence-electron chi connectivity index (χ3n) is 5.39. The highest BCUT2D eigenvalue weighted by molar-refractivity contribution is 6.39. The molecule has 1 aliphatic heterocycles. The Labute approximate surface area is 178 Å². The van der Waals surface area contributed by atoms with Crippen molar-refractivity contribution in [3.63, 3.8) is 0 Å². The summed E-state index contributed by atoms with van der Waals surface area (Å²) >= 11 is 6.36. The molecule has 0 fully saturated rings. The number of hydrogen-bond acceptors (Lipinski definition) is 2. The van der Waals surface area contributed by atoms with Crippen LogP contribution in [-0.4, -0.2) is 23.3 Å². The third kappa shape index (κ3) is 3.13. The van der Waals surface area contributed by atoms with E-state index in [2.05, 4.69) is 16.4 Å². The Hall–Kier alpha value is -3.57. The van der Waals surface area contributed by atoms with Crippen LogP contribution in [0.5, 0.6) is 0 Å². The molecule has 2 heterocycles. The van der Waals surface area contributed by atoms with Gasteiger partial charge in [-0.2, -0.15) is 0 Å². The molecule has 1 aromatic heterocycles. The maximum absolute atomic E-state index is 12.9. The van der Waals surface area contributed by atoms with E-state index in [0.717, 1.165) is 23.0 Å².